The molecule has 0 aliphatic carbocycles. The zero-order valence-electron chi connectivity index (χ0n) is 12.0. The van der Waals surface area contributed by atoms with Crippen molar-refractivity contribution in [1.29, 1.82) is 0 Å². The zero-order valence-corrected chi connectivity index (χ0v) is 14.4. The Labute approximate surface area is 143 Å². The molecule has 120 valence electrons. The molecule has 1 amide bonds. The number of nitrogens with one attached hydrogen (secondary N) is 1. The second-order valence-corrected chi connectivity index (χ2v) is 5.47. The molecule has 1 aromatic carbocycles. The predicted octanol–water partition coefficient (Wildman–Crippen LogP) is 2.03. The van der Waals surface area contributed by atoms with Crippen LogP contribution < -0.4 is 11.1 Å². The number of nitrogens with zero attached hydrogens (tertiary/aromatic N) is 2. The quantitative estimate of drug-likeness (QED) is 0.792. The lowest BCUT2D eigenvalue weighted by Crippen LogP contribution is -2.39. The van der Waals surface area contributed by atoms with Crippen molar-refractivity contribution < 1.29 is 9.53 Å². The number of hydrogen-bond acceptors (Lipinski definition) is 4. The summed E-state index contributed by atoms with van der Waals surface area (Å²) in [6, 6.07) is 8.95. The van der Waals surface area contributed by atoms with Crippen molar-refractivity contribution in [3.8, 4) is 0 Å². The van der Waals surface area contributed by atoms with Gasteiger partial charge in [0.15, 0.2) is 0 Å². The first-order valence-electron chi connectivity index (χ1n) is 6.42. The highest BCUT2D eigenvalue weighted by atomic mass is 79.9. The third-order valence-corrected chi connectivity index (χ3v) is 3.43. The second-order valence-electron chi connectivity index (χ2n) is 4.55. The first-order valence-corrected chi connectivity index (χ1v) is 7.21. The molecule has 1 heterocycles. The van der Waals surface area contributed by atoms with E-state index in [9.17, 15) is 4.79 Å². The van der Waals surface area contributed by atoms with Gasteiger partial charge in [0.05, 0.1) is 19.3 Å². The van der Waals surface area contributed by atoms with E-state index in [4.69, 9.17) is 10.5 Å². The molecule has 0 saturated carbocycles. The molecule has 0 fully saturated rings. The Morgan fingerprint density at radius 3 is 2.73 bits per heavy atom. The van der Waals surface area contributed by atoms with E-state index in [1.165, 1.54) is 7.11 Å². The fourth-order valence-corrected chi connectivity index (χ4v) is 2.07. The van der Waals surface area contributed by atoms with E-state index in [2.05, 4.69) is 26.3 Å². The molecule has 1 atom stereocenters. The number of amides is 1. The van der Waals surface area contributed by atoms with Crippen LogP contribution in [0.4, 0.5) is 5.82 Å². The Morgan fingerprint density at radius 1 is 1.41 bits per heavy atom. The highest BCUT2D eigenvalue weighted by Gasteiger charge is 2.15. The molecule has 2 rings (SSSR count). The number of hydrogen-bond donors (Lipinski definition) is 2. The van der Waals surface area contributed by atoms with Crippen molar-refractivity contribution in [2.24, 2.45) is 5.73 Å². The fourth-order valence-electron chi connectivity index (χ4n) is 1.80. The van der Waals surface area contributed by atoms with Crippen LogP contribution in [0.25, 0.3) is 0 Å². The highest BCUT2D eigenvalue weighted by Crippen LogP contribution is 2.14. The van der Waals surface area contributed by atoms with Crippen molar-refractivity contribution in [2.45, 2.75) is 12.6 Å². The number of anilines is 1. The summed E-state index contributed by atoms with van der Waals surface area (Å²) in [6.07, 6.45) is 1.64. The van der Waals surface area contributed by atoms with Gasteiger partial charge in [0.1, 0.15) is 11.9 Å². The van der Waals surface area contributed by atoms with Crippen molar-refractivity contribution in [3.05, 3.63) is 46.6 Å². The summed E-state index contributed by atoms with van der Waals surface area (Å²) >= 11 is 3.40. The molecule has 3 N–H and O–H groups in total. The largest absolute Gasteiger partial charge is 0.383 e. The van der Waals surface area contributed by atoms with Crippen LogP contribution in [-0.2, 0) is 16.1 Å². The first-order chi connectivity index (χ1) is 10.1. The average Bonchev–Trinajstić information content (AvgIpc) is 2.89. The summed E-state index contributed by atoms with van der Waals surface area (Å²) in [6.45, 7) is 0.738. The van der Waals surface area contributed by atoms with Gasteiger partial charge >= 0.3 is 0 Å². The number of rotatable bonds is 6. The molecule has 6 nitrogen and oxygen atoms in total. The Bertz CT molecular complexity index is 603. The van der Waals surface area contributed by atoms with E-state index in [1.54, 1.807) is 16.9 Å². The topological polar surface area (TPSA) is 82.2 Å². The molecule has 0 spiro atoms. The standard InChI is InChI=1S/C14H17BrN4O2.ClH/c1-21-9-12(16)14(20)18-13-6-7-17-19(13)8-10-2-4-11(15)5-3-10;/h2-7,12H,8-9,16H2,1H3,(H,18,20);1H. The Kier molecular flexibility index (Phi) is 7.53. The molecule has 8 heteroatoms. The van der Waals surface area contributed by atoms with Gasteiger partial charge in [0.2, 0.25) is 5.91 Å². The lowest BCUT2D eigenvalue weighted by molar-refractivity contribution is -0.118. The third kappa shape index (κ3) is 5.10. The summed E-state index contributed by atoms with van der Waals surface area (Å²) < 4.78 is 7.60. The number of ether oxygens (including phenoxy) is 1. The first kappa shape index (κ1) is 18.6. The third-order valence-electron chi connectivity index (χ3n) is 2.90. The molecule has 2 aromatic rings. The normalized spacial score (nSPS) is 11.6. The van der Waals surface area contributed by atoms with Gasteiger partial charge in [-0.15, -0.1) is 12.4 Å². The van der Waals surface area contributed by atoms with Crippen molar-refractivity contribution in [2.75, 3.05) is 19.0 Å². The van der Waals surface area contributed by atoms with Crippen LogP contribution >= 0.6 is 28.3 Å². The van der Waals surface area contributed by atoms with Crippen LogP contribution in [0.3, 0.4) is 0 Å². The SMILES string of the molecule is COCC(N)C(=O)Nc1ccnn1Cc1ccc(Br)cc1.Cl. The minimum absolute atomic E-state index is 0. The number of aromatic nitrogens is 2. The number of nitrogens with two attached hydrogens (primary N) is 1. The summed E-state index contributed by atoms with van der Waals surface area (Å²) in [5.74, 6) is 0.309. The maximum Gasteiger partial charge on any atom is 0.244 e. The van der Waals surface area contributed by atoms with Gasteiger partial charge in [-0.3, -0.25) is 4.79 Å². The van der Waals surface area contributed by atoms with Crippen molar-refractivity contribution in [3.63, 3.8) is 0 Å². The summed E-state index contributed by atoms with van der Waals surface area (Å²) in [7, 11) is 1.50. The highest BCUT2D eigenvalue weighted by molar-refractivity contribution is 9.10. The Hall–Kier alpha value is -1.41. The van der Waals surface area contributed by atoms with Gasteiger partial charge < -0.3 is 15.8 Å². The van der Waals surface area contributed by atoms with E-state index in [0.29, 0.717) is 12.4 Å². The minimum atomic E-state index is -0.703. The lowest BCUT2D eigenvalue weighted by atomic mass is 10.2. The summed E-state index contributed by atoms with van der Waals surface area (Å²) in [5.41, 5.74) is 6.77. The molecular formula is C14H18BrClN4O2. The van der Waals surface area contributed by atoms with Gasteiger partial charge in [-0.2, -0.15) is 5.10 Å². The molecule has 0 bridgehead atoms. The van der Waals surface area contributed by atoms with Gasteiger partial charge in [-0.05, 0) is 17.7 Å². The van der Waals surface area contributed by atoms with Crippen LogP contribution in [0, 0.1) is 0 Å². The van der Waals surface area contributed by atoms with E-state index in [-0.39, 0.29) is 24.9 Å². The minimum Gasteiger partial charge on any atom is -0.383 e. The van der Waals surface area contributed by atoms with Crippen LogP contribution in [0.5, 0.6) is 0 Å². The van der Waals surface area contributed by atoms with Gasteiger partial charge in [-0.25, -0.2) is 4.68 Å². The Morgan fingerprint density at radius 2 is 2.09 bits per heavy atom. The van der Waals surface area contributed by atoms with Crippen molar-refractivity contribution in [1.82, 2.24) is 9.78 Å². The molecule has 1 aromatic heterocycles. The lowest BCUT2D eigenvalue weighted by Gasteiger charge is -2.13. The fraction of sp³-hybridized carbons (Fsp3) is 0.286. The average molecular weight is 390 g/mol. The van der Waals surface area contributed by atoms with E-state index in [1.807, 2.05) is 24.3 Å². The predicted molar refractivity (Wildman–Crippen MR) is 91.2 cm³/mol. The van der Waals surface area contributed by atoms with Crippen LogP contribution in [0.1, 0.15) is 5.56 Å². The van der Waals surface area contributed by atoms with E-state index < -0.39 is 6.04 Å². The number of benzene rings is 1. The molecule has 0 aliphatic heterocycles. The second kappa shape index (κ2) is 8.89. The number of carbonyl (C=O) groups excluding carboxylic acids is 1. The van der Waals surface area contributed by atoms with Crippen LogP contribution in [0.15, 0.2) is 41.0 Å². The van der Waals surface area contributed by atoms with Gasteiger partial charge in [-0.1, -0.05) is 28.1 Å². The molecule has 0 aliphatic rings. The maximum absolute atomic E-state index is 11.9. The number of methoxy groups -OCH3 is 1. The molecular weight excluding hydrogens is 372 g/mol. The maximum atomic E-state index is 11.9. The molecule has 0 radical (unpaired) electrons. The van der Waals surface area contributed by atoms with Gasteiger partial charge in [0, 0.05) is 17.6 Å². The summed E-state index contributed by atoms with van der Waals surface area (Å²) in [5, 5.41) is 6.96. The summed E-state index contributed by atoms with van der Waals surface area (Å²) in [4.78, 5) is 11.9. The molecule has 1 unspecified atom stereocenters. The number of halogens is 2. The van der Waals surface area contributed by atoms with Crippen LogP contribution in [-0.4, -0.2) is 35.4 Å². The zero-order chi connectivity index (χ0) is 15.2. The van der Waals surface area contributed by atoms with Crippen molar-refractivity contribution >= 4 is 40.1 Å². The number of carbonyl (C=O) groups is 1. The smallest absolute Gasteiger partial charge is 0.244 e. The molecule has 22 heavy (non-hydrogen) atoms. The van der Waals surface area contributed by atoms with E-state index >= 15 is 0 Å². The van der Waals surface area contributed by atoms with E-state index in [0.717, 1.165) is 10.0 Å². The monoisotopic (exact) mass is 388 g/mol. The van der Waals surface area contributed by atoms with Gasteiger partial charge in [0.25, 0.3) is 0 Å². The van der Waals surface area contributed by atoms with Crippen LogP contribution in [0.2, 0.25) is 0 Å². The Balaban J connectivity index is 0.00000242. The molecule has 0 saturated heterocycles.